The van der Waals surface area contributed by atoms with Crippen molar-refractivity contribution in [2.24, 2.45) is 17.8 Å². The Kier molecular flexibility index (Phi) is 4.03. The van der Waals surface area contributed by atoms with Crippen LogP contribution in [0.25, 0.3) is 0 Å². The molecule has 1 N–H and O–H groups in total. The summed E-state index contributed by atoms with van der Waals surface area (Å²) < 4.78 is 0. The molecular formula is C18H25NO2. The Bertz CT molecular complexity index is 540. The molecule has 3 rings (SSSR count). The van der Waals surface area contributed by atoms with Crippen molar-refractivity contribution >= 4 is 5.97 Å². The van der Waals surface area contributed by atoms with Crippen LogP contribution in [0.15, 0.2) is 18.2 Å². The van der Waals surface area contributed by atoms with Crippen molar-refractivity contribution in [1.82, 2.24) is 4.90 Å². The summed E-state index contributed by atoms with van der Waals surface area (Å²) in [6.07, 6.45) is 5.78. The quantitative estimate of drug-likeness (QED) is 0.900. The smallest absolute Gasteiger partial charge is 0.335 e. The molecule has 1 aromatic carbocycles. The Balaban J connectivity index is 1.59. The summed E-state index contributed by atoms with van der Waals surface area (Å²) >= 11 is 0. The van der Waals surface area contributed by atoms with E-state index in [0.29, 0.717) is 5.56 Å². The molecule has 2 aliphatic carbocycles. The van der Waals surface area contributed by atoms with Crippen LogP contribution in [0.3, 0.4) is 0 Å². The van der Waals surface area contributed by atoms with Gasteiger partial charge in [-0.05, 0) is 74.2 Å². The van der Waals surface area contributed by atoms with Gasteiger partial charge in [0.05, 0.1) is 5.56 Å². The van der Waals surface area contributed by atoms with Crippen molar-refractivity contribution in [2.45, 2.75) is 39.2 Å². The highest BCUT2D eigenvalue weighted by Gasteiger charge is 2.39. The van der Waals surface area contributed by atoms with Gasteiger partial charge in [-0.1, -0.05) is 12.5 Å². The van der Waals surface area contributed by atoms with Crippen LogP contribution in [-0.2, 0) is 6.54 Å². The van der Waals surface area contributed by atoms with Crippen molar-refractivity contribution in [1.29, 1.82) is 0 Å². The van der Waals surface area contributed by atoms with Gasteiger partial charge in [-0.15, -0.1) is 0 Å². The molecule has 0 spiro atoms. The van der Waals surface area contributed by atoms with E-state index < -0.39 is 5.97 Å². The van der Waals surface area contributed by atoms with Gasteiger partial charge in [0.15, 0.2) is 0 Å². The van der Waals surface area contributed by atoms with Gasteiger partial charge in [0.1, 0.15) is 0 Å². The van der Waals surface area contributed by atoms with E-state index in [2.05, 4.69) is 11.9 Å². The first-order valence-electron chi connectivity index (χ1n) is 8.04. The standard InChI is InChI=1S/C18H25NO2/c1-12-7-15(18(20)21)5-6-16(12)10-19(2)11-17-9-13-3-4-14(17)8-13/h5-7,13-14,17H,3-4,8-11H2,1-2H3,(H,20,21). The van der Waals surface area contributed by atoms with Crippen LogP contribution in [0, 0.1) is 24.7 Å². The maximum absolute atomic E-state index is 11.0. The van der Waals surface area contributed by atoms with Gasteiger partial charge in [-0.3, -0.25) is 0 Å². The van der Waals surface area contributed by atoms with E-state index in [0.717, 1.165) is 29.9 Å². The number of rotatable bonds is 5. The SMILES string of the molecule is Cc1cc(C(=O)O)ccc1CN(C)CC1CC2CCC1C2. The monoisotopic (exact) mass is 287 g/mol. The first-order valence-corrected chi connectivity index (χ1v) is 8.04. The summed E-state index contributed by atoms with van der Waals surface area (Å²) in [5, 5.41) is 9.02. The molecule has 3 unspecified atom stereocenters. The Hall–Kier alpha value is -1.35. The second-order valence-electron chi connectivity index (χ2n) is 7.08. The summed E-state index contributed by atoms with van der Waals surface area (Å²) in [7, 11) is 2.19. The van der Waals surface area contributed by atoms with E-state index in [1.165, 1.54) is 37.8 Å². The van der Waals surface area contributed by atoms with Crippen LogP contribution in [0.4, 0.5) is 0 Å². The minimum absolute atomic E-state index is 0.381. The van der Waals surface area contributed by atoms with Crippen molar-refractivity contribution < 1.29 is 9.90 Å². The molecule has 2 aliphatic rings. The lowest BCUT2D eigenvalue weighted by Crippen LogP contribution is -2.28. The molecule has 2 saturated carbocycles. The second kappa shape index (κ2) is 5.80. The van der Waals surface area contributed by atoms with Crippen molar-refractivity contribution in [2.75, 3.05) is 13.6 Å². The minimum Gasteiger partial charge on any atom is -0.478 e. The van der Waals surface area contributed by atoms with E-state index in [4.69, 9.17) is 5.11 Å². The molecule has 0 aromatic heterocycles. The van der Waals surface area contributed by atoms with Gasteiger partial charge in [-0.2, -0.15) is 0 Å². The van der Waals surface area contributed by atoms with Gasteiger partial charge >= 0.3 is 5.97 Å². The zero-order chi connectivity index (χ0) is 15.0. The van der Waals surface area contributed by atoms with Gasteiger partial charge < -0.3 is 10.0 Å². The van der Waals surface area contributed by atoms with Crippen LogP contribution in [-0.4, -0.2) is 29.6 Å². The van der Waals surface area contributed by atoms with E-state index in [9.17, 15) is 4.79 Å². The van der Waals surface area contributed by atoms with Crippen LogP contribution >= 0.6 is 0 Å². The third kappa shape index (κ3) is 3.13. The van der Waals surface area contributed by atoms with Crippen molar-refractivity contribution in [3.05, 3.63) is 34.9 Å². The average molecular weight is 287 g/mol. The van der Waals surface area contributed by atoms with E-state index in [1.54, 1.807) is 12.1 Å². The Labute approximate surface area is 127 Å². The van der Waals surface area contributed by atoms with Crippen molar-refractivity contribution in [3.63, 3.8) is 0 Å². The predicted molar refractivity (Wildman–Crippen MR) is 83.4 cm³/mol. The number of carboxylic acids is 1. The number of hydrogen-bond donors (Lipinski definition) is 1. The predicted octanol–water partition coefficient (Wildman–Crippen LogP) is 3.56. The van der Waals surface area contributed by atoms with Crippen molar-refractivity contribution in [3.8, 4) is 0 Å². The summed E-state index contributed by atoms with van der Waals surface area (Å²) in [5.41, 5.74) is 2.70. The lowest BCUT2D eigenvalue weighted by molar-refractivity contribution is 0.0696. The molecule has 21 heavy (non-hydrogen) atoms. The molecule has 0 saturated heterocycles. The third-order valence-electron chi connectivity index (χ3n) is 5.46. The highest BCUT2D eigenvalue weighted by molar-refractivity contribution is 5.87. The Morgan fingerprint density at radius 3 is 2.71 bits per heavy atom. The van der Waals surface area contributed by atoms with Crippen LogP contribution in [0.1, 0.15) is 47.2 Å². The molecule has 3 atom stereocenters. The molecule has 0 heterocycles. The third-order valence-corrected chi connectivity index (χ3v) is 5.46. The highest BCUT2D eigenvalue weighted by Crippen LogP contribution is 2.48. The average Bonchev–Trinajstić information content (AvgIpc) is 3.03. The van der Waals surface area contributed by atoms with E-state index in [-0.39, 0.29) is 0 Å². The molecule has 114 valence electrons. The molecule has 0 amide bonds. The van der Waals surface area contributed by atoms with Crippen LogP contribution < -0.4 is 0 Å². The zero-order valence-corrected chi connectivity index (χ0v) is 13.0. The minimum atomic E-state index is -0.847. The number of fused-ring (bicyclic) bond motifs is 2. The molecule has 0 aliphatic heterocycles. The van der Waals surface area contributed by atoms with Crippen LogP contribution in [0.2, 0.25) is 0 Å². The molecule has 2 bridgehead atoms. The topological polar surface area (TPSA) is 40.5 Å². The zero-order valence-electron chi connectivity index (χ0n) is 13.0. The number of hydrogen-bond acceptors (Lipinski definition) is 2. The Morgan fingerprint density at radius 2 is 2.14 bits per heavy atom. The Morgan fingerprint density at radius 1 is 1.33 bits per heavy atom. The van der Waals surface area contributed by atoms with Crippen LogP contribution in [0.5, 0.6) is 0 Å². The molecular weight excluding hydrogens is 262 g/mol. The fourth-order valence-corrected chi connectivity index (χ4v) is 4.36. The summed E-state index contributed by atoms with van der Waals surface area (Å²) in [4.78, 5) is 13.4. The number of nitrogens with zero attached hydrogens (tertiary/aromatic N) is 1. The lowest BCUT2D eigenvalue weighted by atomic mass is 9.88. The van der Waals surface area contributed by atoms with E-state index >= 15 is 0 Å². The van der Waals surface area contributed by atoms with E-state index in [1.807, 2.05) is 13.0 Å². The largest absolute Gasteiger partial charge is 0.478 e. The van der Waals surface area contributed by atoms with Gasteiger partial charge in [0.25, 0.3) is 0 Å². The number of aryl methyl sites for hydroxylation is 1. The first kappa shape index (κ1) is 14.6. The fourth-order valence-electron chi connectivity index (χ4n) is 4.36. The maximum Gasteiger partial charge on any atom is 0.335 e. The summed E-state index contributed by atoms with van der Waals surface area (Å²) in [6.45, 7) is 4.11. The van der Waals surface area contributed by atoms with Gasteiger partial charge in [0.2, 0.25) is 0 Å². The summed E-state index contributed by atoms with van der Waals surface area (Å²) in [5.74, 6) is 2.00. The molecule has 2 fully saturated rings. The van der Waals surface area contributed by atoms with Gasteiger partial charge in [-0.25, -0.2) is 4.79 Å². The molecule has 1 aromatic rings. The molecule has 0 radical (unpaired) electrons. The fraction of sp³-hybridized carbons (Fsp3) is 0.611. The number of aromatic carboxylic acids is 1. The van der Waals surface area contributed by atoms with Gasteiger partial charge in [0, 0.05) is 13.1 Å². The highest BCUT2D eigenvalue weighted by atomic mass is 16.4. The normalized spacial score (nSPS) is 27.5. The lowest BCUT2D eigenvalue weighted by Gasteiger charge is -2.27. The molecule has 3 heteroatoms. The second-order valence-corrected chi connectivity index (χ2v) is 7.08. The number of carboxylic acid groups (broad SMARTS) is 1. The number of benzene rings is 1. The summed E-state index contributed by atoms with van der Waals surface area (Å²) in [6, 6.07) is 5.47. The number of carbonyl (C=O) groups is 1. The first-order chi connectivity index (χ1) is 10.0. The molecule has 3 nitrogen and oxygen atoms in total. The maximum atomic E-state index is 11.0.